The van der Waals surface area contributed by atoms with E-state index in [1.165, 1.54) is 11.6 Å². The molecular weight excluding hydrogens is 305 g/mol. The van der Waals surface area contributed by atoms with E-state index in [2.05, 4.69) is 27.2 Å². The molecule has 2 aromatic carbocycles. The van der Waals surface area contributed by atoms with Gasteiger partial charge in [0.1, 0.15) is 5.82 Å². The van der Waals surface area contributed by atoms with Crippen LogP contribution in [-0.4, -0.2) is 28.6 Å². The van der Waals surface area contributed by atoms with Crippen molar-refractivity contribution in [1.82, 2.24) is 15.0 Å². The van der Waals surface area contributed by atoms with Gasteiger partial charge in [-0.1, -0.05) is 53.7 Å². The third-order valence-electron chi connectivity index (χ3n) is 3.85. The van der Waals surface area contributed by atoms with Crippen molar-refractivity contribution < 1.29 is 8.91 Å². The van der Waals surface area contributed by atoms with Gasteiger partial charge in [-0.2, -0.15) is 4.98 Å². The Morgan fingerprint density at radius 1 is 1.04 bits per heavy atom. The van der Waals surface area contributed by atoms with Gasteiger partial charge < -0.3 is 4.52 Å². The lowest BCUT2D eigenvalue weighted by atomic mass is 10.1. The first kappa shape index (κ1) is 16.3. The summed E-state index contributed by atoms with van der Waals surface area (Å²) in [4.78, 5) is 6.49. The Labute approximate surface area is 140 Å². The molecule has 0 aliphatic carbocycles. The normalized spacial score (nSPS) is 11.1. The summed E-state index contributed by atoms with van der Waals surface area (Å²) >= 11 is 0. The highest BCUT2D eigenvalue weighted by atomic mass is 19.1. The predicted molar refractivity (Wildman–Crippen MR) is 90.0 cm³/mol. The van der Waals surface area contributed by atoms with E-state index in [1.807, 2.05) is 25.2 Å². The highest BCUT2D eigenvalue weighted by Gasteiger charge is 2.11. The fourth-order valence-electron chi connectivity index (χ4n) is 2.51. The van der Waals surface area contributed by atoms with Gasteiger partial charge in [0, 0.05) is 13.0 Å². The molecule has 0 bridgehead atoms. The summed E-state index contributed by atoms with van der Waals surface area (Å²) in [6.45, 7) is 1.48. The van der Waals surface area contributed by atoms with Crippen LogP contribution in [0.25, 0.3) is 0 Å². The van der Waals surface area contributed by atoms with E-state index in [9.17, 15) is 4.39 Å². The molecule has 0 aliphatic rings. The molecule has 0 radical (unpaired) electrons. The number of halogens is 1. The molecule has 0 unspecified atom stereocenters. The Morgan fingerprint density at radius 3 is 2.58 bits per heavy atom. The fraction of sp³-hybridized carbons (Fsp3) is 0.263. The van der Waals surface area contributed by atoms with Gasteiger partial charge in [0.15, 0.2) is 5.82 Å². The van der Waals surface area contributed by atoms with Gasteiger partial charge in [0.05, 0.1) is 6.54 Å². The van der Waals surface area contributed by atoms with Gasteiger partial charge >= 0.3 is 0 Å². The van der Waals surface area contributed by atoms with E-state index in [-0.39, 0.29) is 5.82 Å². The van der Waals surface area contributed by atoms with Crippen molar-refractivity contribution in [2.45, 2.75) is 19.4 Å². The zero-order valence-electron chi connectivity index (χ0n) is 13.7. The van der Waals surface area contributed by atoms with Crippen LogP contribution in [0.1, 0.15) is 22.8 Å². The van der Waals surface area contributed by atoms with E-state index in [4.69, 9.17) is 4.52 Å². The number of hydrogen-bond donors (Lipinski definition) is 0. The van der Waals surface area contributed by atoms with E-state index in [1.54, 1.807) is 18.2 Å². The van der Waals surface area contributed by atoms with Crippen molar-refractivity contribution in [3.8, 4) is 0 Å². The van der Waals surface area contributed by atoms with Crippen molar-refractivity contribution in [2.24, 2.45) is 0 Å². The smallest absolute Gasteiger partial charge is 0.240 e. The zero-order valence-corrected chi connectivity index (χ0v) is 13.7. The molecule has 124 valence electrons. The van der Waals surface area contributed by atoms with Gasteiger partial charge in [-0.05, 0) is 30.7 Å². The van der Waals surface area contributed by atoms with Crippen LogP contribution in [0.5, 0.6) is 0 Å². The van der Waals surface area contributed by atoms with E-state index in [0.717, 1.165) is 13.0 Å². The zero-order chi connectivity index (χ0) is 16.8. The molecule has 0 fully saturated rings. The second-order valence-electron chi connectivity index (χ2n) is 5.85. The second-order valence-corrected chi connectivity index (χ2v) is 5.85. The fourth-order valence-corrected chi connectivity index (χ4v) is 2.51. The van der Waals surface area contributed by atoms with Crippen LogP contribution in [0.15, 0.2) is 59.1 Å². The molecule has 3 rings (SSSR count). The summed E-state index contributed by atoms with van der Waals surface area (Å²) in [5.41, 5.74) is 1.87. The summed E-state index contributed by atoms with van der Waals surface area (Å²) in [7, 11) is 2.02. The van der Waals surface area contributed by atoms with Crippen LogP contribution in [0.2, 0.25) is 0 Å². The molecule has 0 N–H and O–H groups in total. The van der Waals surface area contributed by atoms with Crippen molar-refractivity contribution in [1.29, 1.82) is 0 Å². The lowest BCUT2D eigenvalue weighted by molar-refractivity contribution is 0.268. The Hall–Kier alpha value is -2.53. The highest BCUT2D eigenvalue weighted by Crippen LogP contribution is 2.12. The second kappa shape index (κ2) is 7.84. The average Bonchev–Trinajstić information content (AvgIpc) is 3.03. The predicted octanol–water partition coefficient (Wildman–Crippen LogP) is 3.47. The molecule has 5 heteroatoms. The molecule has 0 saturated heterocycles. The first-order valence-electron chi connectivity index (χ1n) is 7.98. The van der Waals surface area contributed by atoms with Crippen LogP contribution >= 0.6 is 0 Å². The topological polar surface area (TPSA) is 42.2 Å². The number of likely N-dealkylation sites (N-methyl/N-ethyl adjacent to an activating group) is 1. The molecule has 1 heterocycles. The Balaban J connectivity index is 1.53. The molecule has 4 nitrogen and oxygen atoms in total. The maximum atomic E-state index is 13.7. The van der Waals surface area contributed by atoms with Gasteiger partial charge in [-0.15, -0.1) is 0 Å². The molecule has 0 amide bonds. The third kappa shape index (κ3) is 4.49. The van der Waals surface area contributed by atoms with Crippen LogP contribution in [0.4, 0.5) is 4.39 Å². The summed E-state index contributed by atoms with van der Waals surface area (Å²) < 4.78 is 18.9. The van der Waals surface area contributed by atoms with Gasteiger partial charge in [0.2, 0.25) is 5.89 Å². The standard InChI is InChI=1S/C19H20FN3O/c1-23(12-11-15-7-3-2-4-8-15)14-19-21-18(22-24-19)13-16-9-5-6-10-17(16)20/h2-10H,11-14H2,1H3. The molecule has 0 spiro atoms. The number of rotatable bonds is 7. The van der Waals surface area contributed by atoms with Crippen LogP contribution < -0.4 is 0 Å². The van der Waals surface area contributed by atoms with Gasteiger partial charge in [-0.3, -0.25) is 4.90 Å². The molecular formula is C19H20FN3O. The molecule has 24 heavy (non-hydrogen) atoms. The maximum Gasteiger partial charge on any atom is 0.240 e. The minimum absolute atomic E-state index is 0.246. The van der Waals surface area contributed by atoms with Crippen molar-refractivity contribution in [2.75, 3.05) is 13.6 Å². The molecule has 0 saturated carbocycles. The molecule has 3 aromatic rings. The summed E-state index contributed by atoms with van der Waals surface area (Å²) in [5.74, 6) is 0.812. The van der Waals surface area contributed by atoms with E-state index < -0.39 is 0 Å². The van der Waals surface area contributed by atoms with Gasteiger partial charge in [-0.25, -0.2) is 4.39 Å². The minimum Gasteiger partial charge on any atom is -0.338 e. The number of hydrogen-bond acceptors (Lipinski definition) is 4. The lowest BCUT2D eigenvalue weighted by Crippen LogP contribution is -2.20. The quantitative estimate of drug-likeness (QED) is 0.667. The van der Waals surface area contributed by atoms with Crippen molar-refractivity contribution in [3.63, 3.8) is 0 Å². The third-order valence-corrected chi connectivity index (χ3v) is 3.85. The van der Waals surface area contributed by atoms with Crippen LogP contribution in [0.3, 0.4) is 0 Å². The monoisotopic (exact) mass is 325 g/mol. The molecule has 1 aromatic heterocycles. The first-order chi connectivity index (χ1) is 11.7. The summed E-state index contributed by atoms with van der Waals surface area (Å²) in [6, 6.07) is 17.0. The summed E-state index contributed by atoms with van der Waals surface area (Å²) in [5, 5.41) is 3.94. The van der Waals surface area contributed by atoms with E-state index >= 15 is 0 Å². The van der Waals surface area contributed by atoms with E-state index in [0.29, 0.717) is 30.2 Å². The van der Waals surface area contributed by atoms with Gasteiger partial charge in [0.25, 0.3) is 0 Å². The molecule has 0 aliphatic heterocycles. The van der Waals surface area contributed by atoms with Crippen LogP contribution in [-0.2, 0) is 19.4 Å². The minimum atomic E-state index is -0.246. The number of nitrogens with zero attached hydrogens (tertiary/aromatic N) is 3. The van der Waals surface area contributed by atoms with Crippen molar-refractivity contribution in [3.05, 3.63) is 83.3 Å². The highest BCUT2D eigenvalue weighted by molar-refractivity contribution is 5.20. The first-order valence-corrected chi connectivity index (χ1v) is 7.98. The number of aromatic nitrogens is 2. The van der Waals surface area contributed by atoms with Crippen LogP contribution in [0, 0.1) is 5.82 Å². The lowest BCUT2D eigenvalue weighted by Gasteiger charge is -2.13. The maximum absolute atomic E-state index is 13.7. The Morgan fingerprint density at radius 2 is 1.79 bits per heavy atom. The largest absolute Gasteiger partial charge is 0.338 e. The number of benzene rings is 2. The summed E-state index contributed by atoms with van der Waals surface area (Å²) in [6.07, 6.45) is 1.30. The Bertz CT molecular complexity index is 773. The SMILES string of the molecule is CN(CCc1ccccc1)Cc1nc(Cc2ccccc2F)no1. The Kier molecular flexibility index (Phi) is 5.33. The van der Waals surface area contributed by atoms with Crippen molar-refractivity contribution >= 4 is 0 Å². The molecule has 0 atom stereocenters. The average molecular weight is 325 g/mol.